The van der Waals surface area contributed by atoms with Gasteiger partial charge in [0.15, 0.2) is 0 Å². The summed E-state index contributed by atoms with van der Waals surface area (Å²) in [5.74, 6) is -0.0403. The Labute approximate surface area is 162 Å². The van der Waals surface area contributed by atoms with Gasteiger partial charge in [0, 0.05) is 31.4 Å². The number of aromatic nitrogens is 2. The number of hydrogen-bond donors (Lipinski definition) is 1. The van der Waals surface area contributed by atoms with Crippen molar-refractivity contribution in [1.29, 1.82) is 0 Å². The quantitative estimate of drug-likeness (QED) is 0.542. The maximum atomic E-state index is 12.8. The first-order valence-corrected chi connectivity index (χ1v) is 9.89. The van der Waals surface area contributed by atoms with Crippen molar-refractivity contribution >= 4 is 27.5 Å². The Kier molecular flexibility index (Phi) is 5.03. The summed E-state index contributed by atoms with van der Waals surface area (Å²) in [6.07, 6.45) is 2.50. The number of pyridine rings is 1. The smallest absolute Gasteiger partial charge is 0.267 e. The molecule has 3 aromatic heterocycles. The Balaban J connectivity index is 1.52. The minimum Gasteiger partial charge on any atom is -0.350 e. The summed E-state index contributed by atoms with van der Waals surface area (Å²) in [5.41, 5.74) is 5.22. The molecule has 1 amide bonds. The molecule has 0 aliphatic heterocycles. The van der Waals surface area contributed by atoms with E-state index < -0.39 is 0 Å². The molecule has 4 rings (SSSR count). The van der Waals surface area contributed by atoms with Crippen LogP contribution < -0.4 is 5.32 Å². The predicted octanol–water partition coefficient (Wildman–Crippen LogP) is 4.43. The Morgan fingerprint density at radius 3 is 2.78 bits per heavy atom. The number of hydrogen-bond acceptors (Lipinski definition) is 3. The maximum Gasteiger partial charge on any atom is 0.267 e. The van der Waals surface area contributed by atoms with E-state index in [2.05, 4.69) is 57.5 Å². The van der Waals surface area contributed by atoms with E-state index in [0.717, 1.165) is 22.3 Å². The summed E-state index contributed by atoms with van der Waals surface area (Å²) in [5, 5.41) is 5.11. The number of thiophene rings is 1. The molecule has 0 spiro atoms. The highest BCUT2D eigenvalue weighted by molar-refractivity contribution is 7.17. The van der Waals surface area contributed by atoms with Gasteiger partial charge in [0.2, 0.25) is 0 Å². The Morgan fingerprint density at radius 1 is 1.15 bits per heavy atom. The van der Waals surface area contributed by atoms with Crippen molar-refractivity contribution < 1.29 is 4.79 Å². The van der Waals surface area contributed by atoms with Gasteiger partial charge < -0.3 is 9.88 Å². The standard InChI is InChI=1S/C22H21N3OS/c1-16-5-7-17(8-6-16)15-25-19-10-13-27-21(19)14-20(25)22(26)24-12-9-18-4-2-3-11-23-18/h2-8,10-11,13-14H,9,12,15H2,1H3,(H,24,26). The summed E-state index contributed by atoms with van der Waals surface area (Å²) in [4.78, 5) is 17.1. The van der Waals surface area contributed by atoms with Crippen LogP contribution >= 0.6 is 11.3 Å². The van der Waals surface area contributed by atoms with Crippen LogP contribution in [0.4, 0.5) is 0 Å². The fourth-order valence-electron chi connectivity index (χ4n) is 3.15. The number of rotatable bonds is 6. The molecule has 0 fully saturated rings. The van der Waals surface area contributed by atoms with Gasteiger partial charge in [-0.1, -0.05) is 35.9 Å². The second-order valence-corrected chi connectivity index (χ2v) is 7.55. The van der Waals surface area contributed by atoms with Gasteiger partial charge in [0.25, 0.3) is 5.91 Å². The molecule has 3 heterocycles. The van der Waals surface area contributed by atoms with Gasteiger partial charge in [-0.25, -0.2) is 0 Å². The predicted molar refractivity (Wildman–Crippen MR) is 110 cm³/mol. The monoisotopic (exact) mass is 375 g/mol. The molecule has 0 radical (unpaired) electrons. The highest BCUT2D eigenvalue weighted by Gasteiger charge is 2.16. The third-order valence-corrected chi connectivity index (χ3v) is 5.46. The molecule has 0 aliphatic rings. The van der Waals surface area contributed by atoms with Crippen LogP contribution in [0, 0.1) is 6.92 Å². The van der Waals surface area contributed by atoms with Gasteiger partial charge in [-0.3, -0.25) is 9.78 Å². The van der Waals surface area contributed by atoms with E-state index in [1.54, 1.807) is 17.5 Å². The molecule has 0 bridgehead atoms. The van der Waals surface area contributed by atoms with Crippen molar-refractivity contribution in [3.8, 4) is 0 Å². The van der Waals surface area contributed by atoms with Crippen LogP contribution in [0.2, 0.25) is 0 Å². The number of carbonyl (C=O) groups is 1. The van der Waals surface area contributed by atoms with E-state index in [4.69, 9.17) is 0 Å². The largest absolute Gasteiger partial charge is 0.350 e. The van der Waals surface area contributed by atoms with Gasteiger partial charge in [-0.15, -0.1) is 11.3 Å². The number of nitrogens with one attached hydrogen (secondary N) is 1. The summed E-state index contributed by atoms with van der Waals surface area (Å²) in [6, 6.07) is 18.4. The molecule has 4 nitrogen and oxygen atoms in total. The molecule has 5 heteroatoms. The molecule has 4 aromatic rings. The lowest BCUT2D eigenvalue weighted by Crippen LogP contribution is -2.28. The highest BCUT2D eigenvalue weighted by atomic mass is 32.1. The van der Waals surface area contributed by atoms with Gasteiger partial charge in [0.05, 0.1) is 10.2 Å². The normalized spacial score (nSPS) is 11.0. The van der Waals surface area contributed by atoms with Crippen molar-refractivity contribution in [2.45, 2.75) is 19.9 Å². The van der Waals surface area contributed by atoms with Crippen LogP contribution in [-0.4, -0.2) is 22.0 Å². The molecule has 0 unspecified atom stereocenters. The third-order valence-electron chi connectivity index (χ3n) is 4.61. The van der Waals surface area contributed by atoms with E-state index in [0.29, 0.717) is 18.8 Å². The van der Waals surface area contributed by atoms with Crippen LogP contribution in [0.25, 0.3) is 10.2 Å². The van der Waals surface area contributed by atoms with Gasteiger partial charge in [0.1, 0.15) is 5.69 Å². The topological polar surface area (TPSA) is 46.9 Å². The fraction of sp³-hybridized carbons (Fsp3) is 0.182. The molecular formula is C22H21N3OS. The van der Waals surface area contributed by atoms with Crippen LogP contribution in [0.5, 0.6) is 0 Å². The summed E-state index contributed by atoms with van der Waals surface area (Å²) in [6.45, 7) is 3.33. The fourth-order valence-corrected chi connectivity index (χ4v) is 3.97. The number of nitrogens with zero attached hydrogens (tertiary/aromatic N) is 2. The lowest BCUT2D eigenvalue weighted by molar-refractivity contribution is 0.0945. The molecule has 0 saturated carbocycles. The minimum atomic E-state index is -0.0403. The number of amides is 1. The van der Waals surface area contributed by atoms with Crippen molar-refractivity contribution in [3.05, 3.63) is 88.7 Å². The molecule has 0 atom stereocenters. The zero-order chi connectivity index (χ0) is 18.6. The zero-order valence-electron chi connectivity index (χ0n) is 15.2. The van der Waals surface area contributed by atoms with Crippen LogP contribution in [0.15, 0.2) is 66.2 Å². The first kappa shape index (κ1) is 17.5. The molecule has 27 heavy (non-hydrogen) atoms. The second kappa shape index (κ2) is 7.76. The van der Waals surface area contributed by atoms with Gasteiger partial charge in [-0.2, -0.15) is 0 Å². The van der Waals surface area contributed by atoms with Crippen molar-refractivity contribution in [2.24, 2.45) is 0 Å². The summed E-state index contributed by atoms with van der Waals surface area (Å²) in [7, 11) is 0. The van der Waals surface area contributed by atoms with Crippen molar-refractivity contribution in [2.75, 3.05) is 6.54 Å². The van der Waals surface area contributed by atoms with Gasteiger partial charge in [-0.05, 0) is 42.1 Å². The molecule has 1 aromatic carbocycles. The highest BCUT2D eigenvalue weighted by Crippen LogP contribution is 2.26. The minimum absolute atomic E-state index is 0.0403. The molecule has 136 valence electrons. The number of fused-ring (bicyclic) bond motifs is 1. The van der Waals surface area contributed by atoms with E-state index in [-0.39, 0.29) is 5.91 Å². The first-order chi connectivity index (χ1) is 13.2. The Bertz CT molecular complexity index is 1050. The van der Waals surface area contributed by atoms with Crippen molar-refractivity contribution in [3.63, 3.8) is 0 Å². The number of aryl methyl sites for hydroxylation is 1. The van der Waals surface area contributed by atoms with E-state index >= 15 is 0 Å². The molecule has 1 N–H and O–H groups in total. The lowest BCUT2D eigenvalue weighted by Gasteiger charge is -2.11. The maximum absolute atomic E-state index is 12.8. The van der Waals surface area contributed by atoms with E-state index in [1.165, 1.54) is 11.1 Å². The lowest BCUT2D eigenvalue weighted by atomic mass is 10.1. The second-order valence-electron chi connectivity index (χ2n) is 6.60. The van der Waals surface area contributed by atoms with Crippen LogP contribution in [-0.2, 0) is 13.0 Å². The van der Waals surface area contributed by atoms with Gasteiger partial charge >= 0.3 is 0 Å². The van der Waals surface area contributed by atoms with E-state index in [1.807, 2.05) is 24.3 Å². The Morgan fingerprint density at radius 2 is 2.00 bits per heavy atom. The molecule has 0 saturated heterocycles. The Hall–Kier alpha value is -2.92. The third kappa shape index (κ3) is 3.93. The van der Waals surface area contributed by atoms with Crippen molar-refractivity contribution in [1.82, 2.24) is 14.9 Å². The number of benzene rings is 1. The van der Waals surface area contributed by atoms with Crippen LogP contribution in [0.1, 0.15) is 27.3 Å². The SMILES string of the molecule is Cc1ccc(Cn2c(C(=O)NCCc3ccccn3)cc3sccc32)cc1. The summed E-state index contributed by atoms with van der Waals surface area (Å²) < 4.78 is 3.24. The molecule has 0 aliphatic carbocycles. The summed E-state index contributed by atoms with van der Waals surface area (Å²) >= 11 is 1.66. The average molecular weight is 375 g/mol. The average Bonchev–Trinajstić information content (AvgIpc) is 3.27. The molecular weight excluding hydrogens is 354 g/mol. The van der Waals surface area contributed by atoms with E-state index in [9.17, 15) is 4.79 Å². The number of carbonyl (C=O) groups excluding carboxylic acids is 1. The first-order valence-electron chi connectivity index (χ1n) is 9.01. The van der Waals surface area contributed by atoms with Crippen LogP contribution in [0.3, 0.4) is 0 Å². The zero-order valence-corrected chi connectivity index (χ0v) is 16.0.